The van der Waals surface area contributed by atoms with E-state index in [-0.39, 0.29) is 12.2 Å². The fourth-order valence-electron chi connectivity index (χ4n) is 2.52. The van der Waals surface area contributed by atoms with Crippen LogP contribution in [0.15, 0.2) is 0 Å². The Hall–Kier alpha value is -0.200. The molecular weight excluding hydrogens is 246 g/mol. The standard InChI is InChI=1S/C14H29NO4/c1-11(9-18-2)19-10-14(17)8-15-7-12-4-3-5-13(16)6-12/h11-17H,3-10H2,1-2H3. The van der Waals surface area contributed by atoms with Gasteiger partial charge in [-0.3, -0.25) is 0 Å². The second kappa shape index (κ2) is 9.66. The molecule has 0 heterocycles. The predicted octanol–water partition coefficient (Wildman–Crippen LogP) is 0.540. The van der Waals surface area contributed by atoms with Crippen molar-refractivity contribution >= 4 is 0 Å². The van der Waals surface area contributed by atoms with Crippen molar-refractivity contribution in [3.8, 4) is 0 Å². The summed E-state index contributed by atoms with van der Waals surface area (Å²) in [5, 5.41) is 22.6. The molecule has 0 saturated heterocycles. The smallest absolute Gasteiger partial charge is 0.0897 e. The molecule has 0 aliphatic heterocycles. The molecule has 1 aliphatic rings. The minimum atomic E-state index is -0.493. The Bertz CT molecular complexity index is 227. The van der Waals surface area contributed by atoms with Crippen LogP contribution in [0.3, 0.4) is 0 Å². The number of methoxy groups -OCH3 is 1. The van der Waals surface area contributed by atoms with E-state index in [1.807, 2.05) is 6.92 Å². The number of ether oxygens (including phenoxy) is 2. The molecule has 5 nitrogen and oxygen atoms in total. The van der Waals surface area contributed by atoms with Crippen LogP contribution >= 0.6 is 0 Å². The first-order valence-electron chi connectivity index (χ1n) is 7.29. The third-order valence-corrected chi connectivity index (χ3v) is 3.54. The zero-order chi connectivity index (χ0) is 14.1. The number of rotatable bonds is 9. The van der Waals surface area contributed by atoms with Gasteiger partial charge < -0.3 is 25.0 Å². The first-order chi connectivity index (χ1) is 9.11. The van der Waals surface area contributed by atoms with Crippen LogP contribution in [-0.2, 0) is 9.47 Å². The molecule has 0 spiro atoms. The topological polar surface area (TPSA) is 71.0 Å². The Labute approximate surface area is 116 Å². The second-order valence-corrected chi connectivity index (χ2v) is 5.60. The van der Waals surface area contributed by atoms with Gasteiger partial charge in [-0.2, -0.15) is 0 Å². The van der Waals surface area contributed by atoms with E-state index in [9.17, 15) is 10.2 Å². The van der Waals surface area contributed by atoms with E-state index in [4.69, 9.17) is 9.47 Å². The highest BCUT2D eigenvalue weighted by atomic mass is 16.5. The Kier molecular flexibility index (Phi) is 8.57. The SMILES string of the molecule is COCC(C)OCC(O)CNCC1CCCC(O)C1. The molecule has 1 rings (SSSR count). The molecule has 0 bridgehead atoms. The van der Waals surface area contributed by atoms with Crippen LogP contribution in [0.1, 0.15) is 32.6 Å². The quantitative estimate of drug-likeness (QED) is 0.573. The number of hydrogen-bond acceptors (Lipinski definition) is 5. The maximum absolute atomic E-state index is 9.77. The first kappa shape index (κ1) is 16.9. The summed E-state index contributed by atoms with van der Waals surface area (Å²) in [4.78, 5) is 0. The molecule has 0 aromatic rings. The van der Waals surface area contributed by atoms with Crippen molar-refractivity contribution in [3.63, 3.8) is 0 Å². The maximum Gasteiger partial charge on any atom is 0.0897 e. The van der Waals surface area contributed by atoms with E-state index in [1.54, 1.807) is 7.11 Å². The molecule has 0 radical (unpaired) electrons. The summed E-state index contributed by atoms with van der Waals surface area (Å²) in [5.41, 5.74) is 0. The maximum atomic E-state index is 9.77. The van der Waals surface area contributed by atoms with Gasteiger partial charge in [0.05, 0.1) is 31.5 Å². The van der Waals surface area contributed by atoms with E-state index in [1.165, 1.54) is 6.42 Å². The van der Waals surface area contributed by atoms with Gasteiger partial charge in [0.1, 0.15) is 0 Å². The molecule has 0 aromatic carbocycles. The molecule has 3 N–H and O–H groups in total. The Balaban J connectivity index is 2.01. The van der Waals surface area contributed by atoms with Crippen LogP contribution in [0.4, 0.5) is 0 Å². The lowest BCUT2D eigenvalue weighted by Gasteiger charge is -2.26. The Morgan fingerprint density at radius 2 is 2.11 bits per heavy atom. The summed E-state index contributed by atoms with van der Waals surface area (Å²) in [6, 6.07) is 0. The monoisotopic (exact) mass is 275 g/mol. The number of aliphatic hydroxyl groups is 2. The minimum absolute atomic E-state index is 0.00754. The fraction of sp³-hybridized carbons (Fsp3) is 1.00. The summed E-state index contributed by atoms with van der Waals surface area (Å²) >= 11 is 0. The van der Waals surface area contributed by atoms with Gasteiger partial charge >= 0.3 is 0 Å². The van der Waals surface area contributed by atoms with E-state index in [2.05, 4.69) is 5.32 Å². The molecule has 0 aromatic heterocycles. The molecule has 4 atom stereocenters. The molecule has 1 saturated carbocycles. The van der Waals surface area contributed by atoms with Crippen molar-refractivity contribution in [2.75, 3.05) is 33.4 Å². The van der Waals surface area contributed by atoms with Crippen molar-refractivity contribution < 1.29 is 19.7 Å². The van der Waals surface area contributed by atoms with Crippen molar-refractivity contribution in [2.24, 2.45) is 5.92 Å². The van der Waals surface area contributed by atoms with E-state index >= 15 is 0 Å². The lowest BCUT2D eigenvalue weighted by atomic mass is 9.87. The summed E-state index contributed by atoms with van der Waals surface area (Å²) in [6.45, 7) is 4.19. The van der Waals surface area contributed by atoms with Crippen LogP contribution in [0.25, 0.3) is 0 Å². The van der Waals surface area contributed by atoms with Gasteiger partial charge in [-0.15, -0.1) is 0 Å². The van der Waals surface area contributed by atoms with Crippen LogP contribution in [0.2, 0.25) is 0 Å². The summed E-state index contributed by atoms with van der Waals surface area (Å²) < 4.78 is 10.4. The largest absolute Gasteiger partial charge is 0.393 e. The lowest BCUT2D eigenvalue weighted by molar-refractivity contribution is -0.0313. The zero-order valence-corrected chi connectivity index (χ0v) is 12.2. The fourth-order valence-corrected chi connectivity index (χ4v) is 2.52. The average Bonchev–Trinajstić information content (AvgIpc) is 2.37. The van der Waals surface area contributed by atoms with Crippen LogP contribution in [-0.4, -0.2) is 61.9 Å². The predicted molar refractivity (Wildman–Crippen MR) is 74.1 cm³/mol. The van der Waals surface area contributed by atoms with Crippen LogP contribution in [0.5, 0.6) is 0 Å². The molecule has 4 unspecified atom stereocenters. The molecule has 114 valence electrons. The lowest BCUT2D eigenvalue weighted by Crippen LogP contribution is -2.36. The third-order valence-electron chi connectivity index (χ3n) is 3.54. The summed E-state index contributed by atoms with van der Waals surface area (Å²) in [6.07, 6.45) is 3.47. The van der Waals surface area contributed by atoms with E-state index < -0.39 is 6.10 Å². The Morgan fingerprint density at radius 3 is 2.79 bits per heavy atom. The van der Waals surface area contributed by atoms with Gasteiger partial charge in [-0.05, 0) is 38.6 Å². The van der Waals surface area contributed by atoms with E-state index in [0.717, 1.165) is 25.8 Å². The zero-order valence-electron chi connectivity index (χ0n) is 12.2. The number of nitrogens with one attached hydrogen (secondary N) is 1. The highest BCUT2D eigenvalue weighted by molar-refractivity contribution is 4.74. The van der Waals surface area contributed by atoms with Crippen molar-refractivity contribution in [1.29, 1.82) is 0 Å². The Morgan fingerprint density at radius 1 is 1.32 bits per heavy atom. The van der Waals surface area contributed by atoms with Crippen molar-refractivity contribution in [1.82, 2.24) is 5.32 Å². The molecule has 1 fully saturated rings. The van der Waals surface area contributed by atoms with Gasteiger partial charge in [0.15, 0.2) is 0 Å². The number of hydrogen-bond donors (Lipinski definition) is 3. The van der Waals surface area contributed by atoms with E-state index in [0.29, 0.717) is 25.7 Å². The highest BCUT2D eigenvalue weighted by Gasteiger charge is 2.19. The van der Waals surface area contributed by atoms with Crippen LogP contribution < -0.4 is 5.32 Å². The second-order valence-electron chi connectivity index (χ2n) is 5.60. The molecular formula is C14H29NO4. The van der Waals surface area contributed by atoms with Gasteiger partial charge in [-0.1, -0.05) is 6.42 Å². The minimum Gasteiger partial charge on any atom is -0.393 e. The van der Waals surface area contributed by atoms with Gasteiger partial charge in [-0.25, -0.2) is 0 Å². The molecule has 5 heteroatoms. The van der Waals surface area contributed by atoms with Gasteiger partial charge in [0.25, 0.3) is 0 Å². The first-order valence-corrected chi connectivity index (χ1v) is 7.29. The van der Waals surface area contributed by atoms with Gasteiger partial charge in [0, 0.05) is 13.7 Å². The normalized spacial score (nSPS) is 27.2. The summed E-state index contributed by atoms with van der Waals surface area (Å²) in [7, 11) is 1.64. The average molecular weight is 275 g/mol. The summed E-state index contributed by atoms with van der Waals surface area (Å²) in [5.74, 6) is 0.532. The molecule has 0 amide bonds. The number of aliphatic hydroxyl groups excluding tert-OH is 2. The third kappa shape index (κ3) is 7.84. The highest BCUT2D eigenvalue weighted by Crippen LogP contribution is 2.23. The van der Waals surface area contributed by atoms with Crippen molar-refractivity contribution in [3.05, 3.63) is 0 Å². The van der Waals surface area contributed by atoms with Gasteiger partial charge in [0.2, 0.25) is 0 Å². The molecule has 19 heavy (non-hydrogen) atoms. The van der Waals surface area contributed by atoms with Crippen molar-refractivity contribution in [2.45, 2.75) is 50.9 Å². The van der Waals surface area contributed by atoms with Crippen LogP contribution in [0, 0.1) is 5.92 Å². The molecule has 1 aliphatic carbocycles.